The van der Waals surface area contributed by atoms with Gasteiger partial charge in [-0.05, 0) is 37.3 Å². The zero-order valence-corrected chi connectivity index (χ0v) is 16.4. The fourth-order valence-electron chi connectivity index (χ4n) is 2.43. The zero-order valence-electron chi connectivity index (χ0n) is 15.6. The Hall–Kier alpha value is -3.26. The summed E-state index contributed by atoms with van der Waals surface area (Å²) in [5, 5.41) is 14.8. The lowest BCUT2D eigenvalue weighted by molar-refractivity contribution is 0.0953. The van der Waals surface area contributed by atoms with E-state index in [2.05, 4.69) is 20.8 Å². The molecule has 0 unspecified atom stereocenters. The van der Waals surface area contributed by atoms with Crippen molar-refractivity contribution in [2.45, 2.75) is 13.3 Å². The first-order valence-corrected chi connectivity index (χ1v) is 9.49. The molecule has 0 fully saturated rings. The third-order valence-corrected chi connectivity index (χ3v) is 4.86. The van der Waals surface area contributed by atoms with Crippen molar-refractivity contribution in [2.24, 2.45) is 0 Å². The molecule has 1 heterocycles. The van der Waals surface area contributed by atoms with E-state index >= 15 is 0 Å². The van der Waals surface area contributed by atoms with Gasteiger partial charge in [-0.2, -0.15) is 0 Å². The van der Waals surface area contributed by atoms with Crippen LogP contribution in [0.5, 0.6) is 5.75 Å². The molecule has 8 heteroatoms. The molecule has 1 aromatic heterocycles. The second kappa shape index (κ2) is 9.09. The van der Waals surface area contributed by atoms with Crippen LogP contribution in [0.2, 0.25) is 0 Å². The number of benzene rings is 2. The van der Waals surface area contributed by atoms with Crippen molar-refractivity contribution >= 4 is 28.3 Å². The molecule has 144 valence electrons. The van der Waals surface area contributed by atoms with Crippen molar-refractivity contribution in [1.82, 2.24) is 15.5 Å². The Morgan fingerprint density at radius 1 is 1.04 bits per heavy atom. The second-order valence-electron chi connectivity index (χ2n) is 6.06. The number of anilines is 1. The van der Waals surface area contributed by atoms with Crippen LogP contribution in [0.15, 0.2) is 48.5 Å². The molecular weight excluding hydrogens is 376 g/mol. The number of aryl methyl sites for hydroxylation is 1. The maximum absolute atomic E-state index is 12.2. The van der Waals surface area contributed by atoms with Crippen LogP contribution in [-0.2, 0) is 6.42 Å². The lowest BCUT2D eigenvalue weighted by Crippen LogP contribution is -2.25. The standard InChI is InChI=1S/C20H20N4O3S/c1-13-6-8-14(9-7-13)19(26)22-20-24-23-17(28-20)10-11-21-18(25)15-4-3-5-16(12-15)27-2/h3-9,12H,10-11H2,1-2H3,(H,21,25)(H,22,24,26). The van der Waals surface area contributed by atoms with E-state index in [9.17, 15) is 9.59 Å². The van der Waals surface area contributed by atoms with Crippen LogP contribution in [0.25, 0.3) is 0 Å². The minimum atomic E-state index is -0.228. The summed E-state index contributed by atoms with van der Waals surface area (Å²) in [5.74, 6) is 0.219. The average molecular weight is 396 g/mol. The summed E-state index contributed by atoms with van der Waals surface area (Å²) in [6.07, 6.45) is 0.522. The SMILES string of the molecule is COc1cccc(C(=O)NCCc2nnc(NC(=O)c3ccc(C)cc3)s2)c1. The number of aromatic nitrogens is 2. The van der Waals surface area contributed by atoms with Crippen LogP contribution in [0.1, 0.15) is 31.3 Å². The molecule has 0 aliphatic heterocycles. The first kappa shape index (κ1) is 19.5. The van der Waals surface area contributed by atoms with E-state index in [0.717, 1.165) is 10.6 Å². The molecule has 2 aromatic carbocycles. The molecule has 0 saturated carbocycles. The molecular formula is C20H20N4O3S. The monoisotopic (exact) mass is 396 g/mol. The van der Waals surface area contributed by atoms with Crippen molar-refractivity contribution in [2.75, 3.05) is 19.0 Å². The zero-order chi connectivity index (χ0) is 19.9. The van der Waals surface area contributed by atoms with Crippen LogP contribution in [-0.4, -0.2) is 35.7 Å². The Morgan fingerprint density at radius 3 is 2.57 bits per heavy atom. The lowest BCUT2D eigenvalue weighted by Gasteiger charge is -2.05. The number of rotatable bonds is 7. The Labute approximate surface area is 166 Å². The van der Waals surface area contributed by atoms with Crippen LogP contribution < -0.4 is 15.4 Å². The van der Waals surface area contributed by atoms with Crippen molar-refractivity contribution < 1.29 is 14.3 Å². The maximum Gasteiger partial charge on any atom is 0.257 e. The van der Waals surface area contributed by atoms with Gasteiger partial charge in [0.2, 0.25) is 5.13 Å². The summed E-state index contributed by atoms with van der Waals surface area (Å²) in [7, 11) is 1.56. The Morgan fingerprint density at radius 2 is 1.82 bits per heavy atom. The van der Waals surface area contributed by atoms with Gasteiger partial charge >= 0.3 is 0 Å². The number of carbonyl (C=O) groups excluding carboxylic acids is 2. The number of ether oxygens (including phenoxy) is 1. The van der Waals surface area contributed by atoms with E-state index in [0.29, 0.717) is 35.0 Å². The van der Waals surface area contributed by atoms with Gasteiger partial charge in [-0.3, -0.25) is 14.9 Å². The quantitative estimate of drug-likeness (QED) is 0.640. The van der Waals surface area contributed by atoms with Gasteiger partial charge in [-0.15, -0.1) is 10.2 Å². The molecule has 0 spiro atoms. The highest BCUT2D eigenvalue weighted by Crippen LogP contribution is 2.17. The maximum atomic E-state index is 12.2. The minimum absolute atomic E-state index is 0.184. The van der Waals surface area contributed by atoms with Gasteiger partial charge in [0.25, 0.3) is 11.8 Å². The number of nitrogens with one attached hydrogen (secondary N) is 2. The topological polar surface area (TPSA) is 93.2 Å². The summed E-state index contributed by atoms with van der Waals surface area (Å²) < 4.78 is 5.12. The van der Waals surface area contributed by atoms with Crippen molar-refractivity contribution in [3.8, 4) is 5.75 Å². The van der Waals surface area contributed by atoms with E-state index in [1.165, 1.54) is 11.3 Å². The second-order valence-corrected chi connectivity index (χ2v) is 7.12. The van der Waals surface area contributed by atoms with Crippen LogP contribution >= 0.6 is 11.3 Å². The smallest absolute Gasteiger partial charge is 0.257 e. The van der Waals surface area contributed by atoms with E-state index < -0.39 is 0 Å². The minimum Gasteiger partial charge on any atom is -0.497 e. The third-order valence-electron chi connectivity index (χ3n) is 3.96. The summed E-state index contributed by atoms with van der Waals surface area (Å²) in [6.45, 7) is 2.38. The van der Waals surface area contributed by atoms with E-state index in [1.807, 2.05) is 19.1 Å². The summed E-state index contributed by atoms with van der Waals surface area (Å²) in [5.41, 5.74) is 2.18. The van der Waals surface area contributed by atoms with Crippen LogP contribution in [0.4, 0.5) is 5.13 Å². The average Bonchev–Trinajstić information content (AvgIpc) is 3.15. The molecule has 28 heavy (non-hydrogen) atoms. The van der Waals surface area contributed by atoms with Gasteiger partial charge in [0.1, 0.15) is 10.8 Å². The summed E-state index contributed by atoms with van der Waals surface area (Å²) in [6, 6.07) is 14.2. The van der Waals surface area contributed by atoms with Crippen molar-refractivity contribution in [1.29, 1.82) is 0 Å². The molecule has 0 atom stereocenters. The fraction of sp³-hybridized carbons (Fsp3) is 0.200. The fourth-order valence-corrected chi connectivity index (χ4v) is 3.16. The molecule has 7 nitrogen and oxygen atoms in total. The first-order chi connectivity index (χ1) is 13.5. The van der Waals surface area contributed by atoms with Gasteiger partial charge in [-0.1, -0.05) is 35.1 Å². The number of carbonyl (C=O) groups is 2. The van der Waals surface area contributed by atoms with Gasteiger partial charge in [0, 0.05) is 24.1 Å². The number of nitrogens with zero attached hydrogens (tertiary/aromatic N) is 2. The van der Waals surface area contributed by atoms with E-state index in [1.54, 1.807) is 43.5 Å². The Bertz CT molecular complexity index is 970. The van der Waals surface area contributed by atoms with E-state index in [4.69, 9.17) is 4.74 Å². The van der Waals surface area contributed by atoms with Crippen molar-refractivity contribution in [3.63, 3.8) is 0 Å². The third kappa shape index (κ3) is 5.14. The highest BCUT2D eigenvalue weighted by molar-refractivity contribution is 7.15. The predicted octanol–water partition coefficient (Wildman–Crippen LogP) is 3.08. The lowest BCUT2D eigenvalue weighted by atomic mass is 10.1. The summed E-state index contributed by atoms with van der Waals surface area (Å²) >= 11 is 1.29. The van der Waals surface area contributed by atoms with Gasteiger partial charge in [-0.25, -0.2) is 0 Å². The molecule has 0 aliphatic carbocycles. The molecule has 3 rings (SSSR count). The molecule has 0 saturated heterocycles. The highest BCUT2D eigenvalue weighted by Gasteiger charge is 2.11. The highest BCUT2D eigenvalue weighted by atomic mass is 32.1. The summed E-state index contributed by atoms with van der Waals surface area (Å²) in [4.78, 5) is 24.4. The molecule has 0 bridgehead atoms. The molecule has 3 aromatic rings. The molecule has 2 amide bonds. The van der Waals surface area contributed by atoms with E-state index in [-0.39, 0.29) is 11.8 Å². The largest absolute Gasteiger partial charge is 0.497 e. The number of hydrogen-bond acceptors (Lipinski definition) is 6. The Kier molecular flexibility index (Phi) is 6.33. The van der Waals surface area contributed by atoms with Gasteiger partial charge < -0.3 is 10.1 Å². The molecule has 0 radical (unpaired) electrons. The van der Waals surface area contributed by atoms with Crippen LogP contribution in [0, 0.1) is 6.92 Å². The number of amides is 2. The Balaban J connectivity index is 1.49. The number of hydrogen-bond donors (Lipinski definition) is 2. The first-order valence-electron chi connectivity index (χ1n) is 8.68. The van der Waals surface area contributed by atoms with Gasteiger partial charge in [0.15, 0.2) is 0 Å². The van der Waals surface area contributed by atoms with Gasteiger partial charge in [0.05, 0.1) is 7.11 Å². The number of methoxy groups -OCH3 is 1. The van der Waals surface area contributed by atoms with Crippen molar-refractivity contribution in [3.05, 3.63) is 70.2 Å². The molecule has 0 aliphatic rings. The predicted molar refractivity (Wildman–Crippen MR) is 108 cm³/mol. The van der Waals surface area contributed by atoms with Crippen LogP contribution in [0.3, 0.4) is 0 Å². The normalized spacial score (nSPS) is 10.4. The molecule has 2 N–H and O–H groups in total.